The molecule has 0 spiro atoms. The second-order valence-electron chi connectivity index (χ2n) is 9.14. The van der Waals surface area contributed by atoms with E-state index in [2.05, 4.69) is 36.4 Å². The van der Waals surface area contributed by atoms with E-state index in [1.54, 1.807) is 11.3 Å². The van der Waals surface area contributed by atoms with E-state index in [9.17, 15) is 4.79 Å². The van der Waals surface area contributed by atoms with Crippen LogP contribution < -0.4 is 9.64 Å². The van der Waals surface area contributed by atoms with Gasteiger partial charge in [-0.15, -0.1) is 11.3 Å². The van der Waals surface area contributed by atoms with E-state index in [-0.39, 0.29) is 11.9 Å². The maximum absolute atomic E-state index is 13.4. The highest BCUT2D eigenvalue weighted by atomic mass is 32.1. The van der Waals surface area contributed by atoms with Crippen LogP contribution in [0.2, 0.25) is 0 Å². The summed E-state index contributed by atoms with van der Waals surface area (Å²) in [7, 11) is 0. The molecule has 5 aromatic carbocycles. The van der Waals surface area contributed by atoms with Crippen molar-refractivity contribution in [2.45, 2.75) is 12.1 Å². The summed E-state index contributed by atoms with van der Waals surface area (Å²) in [6.07, 6.45) is -0.602. The number of ether oxygens (including phenoxy) is 1. The molecule has 37 heavy (non-hydrogen) atoms. The molecular weight excluding hydrogens is 476 g/mol. The first-order valence-corrected chi connectivity index (χ1v) is 13.1. The summed E-state index contributed by atoms with van der Waals surface area (Å²) in [5.41, 5.74) is 3.96. The van der Waals surface area contributed by atoms with Crippen molar-refractivity contribution in [2.24, 2.45) is 0 Å². The average molecular weight is 499 g/mol. The Bertz CT molecular complexity index is 1710. The number of aromatic nitrogens is 1. The SMILES string of the molecule is O=C1[C@H](Oc2ccc(-c3nc4ccccc4s3)cc2)[C@H](c2ccc3ccccc3c2)N1c1ccccc1. The Balaban J connectivity index is 1.20. The minimum Gasteiger partial charge on any atom is -0.478 e. The smallest absolute Gasteiger partial charge is 0.271 e. The van der Waals surface area contributed by atoms with Gasteiger partial charge in [0.15, 0.2) is 0 Å². The summed E-state index contributed by atoms with van der Waals surface area (Å²) in [5.74, 6) is 0.626. The number of rotatable bonds is 5. The highest BCUT2D eigenvalue weighted by molar-refractivity contribution is 7.21. The van der Waals surface area contributed by atoms with E-state index in [0.717, 1.165) is 37.4 Å². The summed E-state index contributed by atoms with van der Waals surface area (Å²) in [4.78, 5) is 20.0. The molecule has 1 aliphatic rings. The second kappa shape index (κ2) is 8.87. The van der Waals surface area contributed by atoms with Gasteiger partial charge in [-0.2, -0.15) is 0 Å². The number of nitrogens with zero attached hydrogens (tertiary/aromatic N) is 2. The number of carbonyl (C=O) groups is 1. The van der Waals surface area contributed by atoms with Crippen molar-refractivity contribution in [3.8, 4) is 16.3 Å². The molecule has 6 aromatic rings. The zero-order chi connectivity index (χ0) is 24.8. The molecule has 178 valence electrons. The first kappa shape index (κ1) is 21.8. The molecule has 0 radical (unpaired) electrons. The zero-order valence-corrected chi connectivity index (χ0v) is 20.6. The van der Waals surface area contributed by atoms with Gasteiger partial charge in [-0.1, -0.05) is 66.7 Å². The molecule has 1 fully saturated rings. The third-order valence-corrected chi connectivity index (χ3v) is 7.94. The van der Waals surface area contributed by atoms with Gasteiger partial charge in [0.05, 0.1) is 10.2 Å². The van der Waals surface area contributed by atoms with Crippen LogP contribution in [0.25, 0.3) is 31.6 Å². The maximum atomic E-state index is 13.4. The Labute approximate surface area is 218 Å². The van der Waals surface area contributed by atoms with Crippen LogP contribution in [0.3, 0.4) is 0 Å². The Morgan fingerprint density at radius 1 is 0.730 bits per heavy atom. The molecule has 4 nitrogen and oxygen atoms in total. The number of β-lactam (4-membered cyclic amide) rings is 1. The molecule has 0 aliphatic carbocycles. The van der Waals surface area contributed by atoms with Gasteiger partial charge >= 0.3 is 0 Å². The number of para-hydroxylation sites is 2. The number of hydrogen-bond donors (Lipinski definition) is 0. The highest BCUT2D eigenvalue weighted by Gasteiger charge is 2.51. The fraction of sp³-hybridized carbons (Fsp3) is 0.0625. The molecule has 5 heteroatoms. The predicted molar refractivity (Wildman–Crippen MR) is 150 cm³/mol. The summed E-state index contributed by atoms with van der Waals surface area (Å²) < 4.78 is 7.50. The summed E-state index contributed by atoms with van der Waals surface area (Å²) in [5, 5.41) is 3.29. The molecule has 1 saturated heterocycles. The topological polar surface area (TPSA) is 42.4 Å². The molecule has 2 heterocycles. The van der Waals surface area contributed by atoms with Crippen molar-refractivity contribution in [1.82, 2.24) is 4.98 Å². The van der Waals surface area contributed by atoms with Crippen molar-refractivity contribution < 1.29 is 9.53 Å². The fourth-order valence-corrected chi connectivity index (χ4v) is 5.96. The van der Waals surface area contributed by atoms with Gasteiger partial charge in [0.2, 0.25) is 6.10 Å². The fourth-order valence-electron chi connectivity index (χ4n) is 4.99. The lowest BCUT2D eigenvalue weighted by Crippen LogP contribution is -2.61. The Hall–Kier alpha value is -4.48. The van der Waals surface area contributed by atoms with Crippen molar-refractivity contribution in [3.05, 3.63) is 127 Å². The van der Waals surface area contributed by atoms with Crippen molar-refractivity contribution in [1.29, 1.82) is 0 Å². The normalized spacial score (nSPS) is 17.2. The third kappa shape index (κ3) is 3.85. The van der Waals surface area contributed by atoms with E-state index >= 15 is 0 Å². The van der Waals surface area contributed by atoms with Gasteiger partial charge in [-0.3, -0.25) is 9.69 Å². The standard InChI is InChI=1S/C32H22N2O2S/c35-32-30(36-26-18-16-22(17-19-26)31-33-27-12-6-7-13-28(27)37-31)29(34(32)25-10-2-1-3-11-25)24-15-14-21-8-4-5-9-23(21)20-24/h1-20,29-30H/t29-,30+/m0/s1. The summed E-state index contributed by atoms with van der Waals surface area (Å²) >= 11 is 1.67. The van der Waals surface area contributed by atoms with Crippen molar-refractivity contribution >= 4 is 43.9 Å². The number of benzene rings is 5. The van der Waals surface area contributed by atoms with Gasteiger partial charge in [-0.25, -0.2) is 4.98 Å². The minimum atomic E-state index is -0.602. The molecule has 2 atom stereocenters. The minimum absolute atomic E-state index is 0.0420. The van der Waals surface area contributed by atoms with Gasteiger partial charge in [0, 0.05) is 11.3 Å². The Kier molecular flexibility index (Phi) is 5.22. The van der Waals surface area contributed by atoms with E-state index in [1.807, 2.05) is 89.8 Å². The van der Waals surface area contributed by atoms with Crippen LogP contribution in [0, 0.1) is 0 Å². The summed E-state index contributed by atoms with van der Waals surface area (Å²) in [6, 6.07) is 40.2. The van der Waals surface area contributed by atoms with E-state index in [1.165, 1.54) is 5.39 Å². The van der Waals surface area contributed by atoms with Gasteiger partial charge < -0.3 is 4.74 Å². The zero-order valence-electron chi connectivity index (χ0n) is 19.8. The number of hydrogen-bond acceptors (Lipinski definition) is 4. The largest absolute Gasteiger partial charge is 0.478 e. The number of thiazole rings is 1. The lowest BCUT2D eigenvalue weighted by Gasteiger charge is -2.46. The molecule has 0 unspecified atom stereocenters. The monoisotopic (exact) mass is 498 g/mol. The van der Waals surface area contributed by atoms with Crippen LogP contribution in [0.15, 0.2) is 121 Å². The van der Waals surface area contributed by atoms with Crippen LogP contribution in [0.1, 0.15) is 11.6 Å². The number of amides is 1. The first-order valence-electron chi connectivity index (χ1n) is 12.2. The lowest BCUT2D eigenvalue weighted by molar-refractivity contribution is -0.135. The Morgan fingerprint density at radius 2 is 1.46 bits per heavy atom. The summed E-state index contributed by atoms with van der Waals surface area (Å²) in [6.45, 7) is 0. The number of fused-ring (bicyclic) bond motifs is 2. The van der Waals surface area contributed by atoms with E-state index in [4.69, 9.17) is 9.72 Å². The van der Waals surface area contributed by atoms with Crippen LogP contribution in [0.5, 0.6) is 5.75 Å². The molecule has 1 aromatic heterocycles. The average Bonchev–Trinajstić information content (AvgIpc) is 3.39. The molecule has 7 rings (SSSR count). The van der Waals surface area contributed by atoms with Crippen LogP contribution >= 0.6 is 11.3 Å². The van der Waals surface area contributed by atoms with Gasteiger partial charge in [-0.05, 0) is 70.9 Å². The van der Waals surface area contributed by atoms with Crippen LogP contribution in [-0.2, 0) is 4.79 Å². The predicted octanol–water partition coefficient (Wildman–Crippen LogP) is 7.65. The van der Waals surface area contributed by atoms with Crippen LogP contribution in [-0.4, -0.2) is 17.0 Å². The molecule has 0 saturated carbocycles. The van der Waals surface area contributed by atoms with Crippen molar-refractivity contribution in [3.63, 3.8) is 0 Å². The highest BCUT2D eigenvalue weighted by Crippen LogP contribution is 2.42. The van der Waals surface area contributed by atoms with Crippen LogP contribution in [0.4, 0.5) is 5.69 Å². The molecular formula is C32H22N2O2S. The third-order valence-electron chi connectivity index (χ3n) is 6.85. The number of carbonyl (C=O) groups excluding carboxylic acids is 1. The number of anilines is 1. The molecule has 0 bridgehead atoms. The van der Waals surface area contributed by atoms with E-state index in [0.29, 0.717) is 5.75 Å². The molecule has 1 aliphatic heterocycles. The Morgan fingerprint density at radius 3 is 2.27 bits per heavy atom. The first-order chi connectivity index (χ1) is 18.2. The van der Waals surface area contributed by atoms with Gasteiger partial charge in [0.25, 0.3) is 5.91 Å². The van der Waals surface area contributed by atoms with Gasteiger partial charge in [0.1, 0.15) is 16.8 Å². The second-order valence-corrected chi connectivity index (χ2v) is 10.2. The lowest BCUT2D eigenvalue weighted by atomic mass is 9.88. The maximum Gasteiger partial charge on any atom is 0.271 e. The van der Waals surface area contributed by atoms with Crippen molar-refractivity contribution in [2.75, 3.05) is 4.90 Å². The molecule has 0 N–H and O–H groups in total. The molecule has 1 amide bonds. The quantitative estimate of drug-likeness (QED) is 0.229. The van der Waals surface area contributed by atoms with E-state index < -0.39 is 6.10 Å².